The van der Waals surface area contributed by atoms with Crippen LogP contribution in [0.25, 0.3) is 0 Å². The number of ether oxygens (including phenoxy) is 1. The number of esters is 1. The molecule has 2 amide bonds. The van der Waals surface area contributed by atoms with E-state index in [-0.39, 0.29) is 11.4 Å². The van der Waals surface area contributed by atoms with Crippen LogP contribution in [0.2, 0.25) is 0 Å². The van der Waals surface area contributed by atoms with Gasteiger partial charge >= 0.3 is 11.9 Å². The van der Waals surface area contributed by atoms with Crippen molar-refractivity contribution in [2.75, 3.05) is 7.11 Å². The van der Waals surface area contributed by atoms with E-state index >= 15 is 0 Å². The Kier molecular flexibility index (Phi) is 4.94. The van der Waals surface area contributed by atoms with Crippen LogP contribution in [0.4, 0.5) is 0 Å². The standard InChI is InChI=1S/C10H18N2O4/c1-6(7(13)12-10(2,3)4)11-8(14)9(15)16-5/h6H,1-5H3,(H,11,14)(H,12,13). The summed E-state index contributed by atoms with van der Waals surface area (Å²) in [5, 5.41) is 4.90. The van der Waals surface area contributed by atoms with Crippen LogP contribution < -0.4 is 10.6 Å². The molecule has 1 atom stereocenters. The summed E-state index contributed by atoms with van der Waals surface area (Å²) in [6.45, 7) is 6.95. The Balaban J connectivity index is 4.26. The first-order chi connectivity index (χ1) is 7.17. The number of hydrogen-bond acceptors (Lipinski definition) is 4. The lowest BCUT2D eigenvalue weighted by atomic mass is 10.1. The second kappa shape index (κ2) is 5.48. The SMILES string of the molecule is COC(=O)C(=O)NC(C)C(=O)NC(C)(C)C. The summed E-state index contributed by atoms with van der Waals surface area (Å²) in [7, 11) is 1.10. The van der Waals surface area contributed by atoms with Gasteiger partial charge in [-0.3, -0.25) is 9.59 Å². The normalized spacial score (nSPS) is 12.6. The highest BCUT2D eigenvalue weighted by molar-refractivity contribution is 6.32. The highest BCUT2D eigenvalue weighted by atomic mass is 16.5. The van der Waals surface area contributed by atoms with Crippen LogP contribution in [0.15, 0.2) is 0 Å². The van der Waals surface area contributed by atoms with E-state index < -0.39 is 17.9 Å². The van der Waals surface area contributed by atoms with E-state index in [1.807, 2.05) is 20.8 Å². The average molecular weight is 230 g/mol. The van der Waals surface area contributed by atoms with E-state index in [2.05, 4.69) is 15.4 Å². The molecule has 0 aromatic heterocycles. The number of rotatable bonds is 2. The van der Waals surface area contributed by atoms with Crippen molar-refractivity contribution in [3.05, 3.63) is 0 Å². The Labute approximate surface area is 94.7 Å². The van der Waals surface area contributed by atoms with Crippen molar-refractivity contribution in [1.82, 2.24) is 10.6 Å². The van der Waals surface area contributed by atoms with Gasteiger partial charge in [-0.2, -0.15) is 0 Å². The molecule has 0 aromatic rings. The number of carbonyl (C=O) groups is 3. The van der Waals surface area contributed by atoms with Crippen molar-refractivity contribution in [1.29, 1.82) is 0 Å². The van der Waals surface area contributed by atoms with Gasteiger partial charge < -0.3 is 15.4 Å². The molecule has 0 aromatic carbocycles. The smallest absolute Gasteiger partial charge is 0.396 e. The molecule has 0 fully saturated rings. The van der Waals surface area contributed by atoms with Crippen LogP contribution in [0.3, 0.4) is 0 Å². The van der Waals surface area contributed by atoms with Crippen molar-refractivity contribution < 1.29 is 19.1 Å². The first kappa shape index (κ1) is 14.4. The quantitative estimate of drug-likeness (QED) is 0.498. The molecule has 0 spiro atoms. The monoisotopic (exact) mass is 230 g/mol. The van der Waals surface area contributed by atoms with Crippen molar-refractivity contribution in [2.45, 2.75) is 39.3 Å². The third kappa shape index (κ3) is 5.33. The van der Waals surface area contributed by atoms with Gasteiger partial charge in [0.15, 0.2) is 0 Å². The molecule has 6 heteroatoms. The molecule has 16 heavy (non-hydrogen) atoms. The second-order valence-corrected chi connectivity index (χ2v) is 4.43. The van der Waals surface area contributed by atoms with E-state index in [1.165, 1.54) is 6.92 Å². The first-order valence-electron chi connectivity index (χ1n) is 4.88. The molecular formula is C10H18N2O4. The Bertz CT molecular complexity index is 294. The molecule has 0 rings (SSSR count). The molecule has 0 radical (unpaired) electrons. The van der Waals surface area contributed by atoms with Gasteiger partial charge in [0.1, 0.15) is 6.04 Å². The van der Waals surface area contributed by atoms with Gasteiger partial charge in [-0.25, -0.2) is 4.79 Å². The summed E-state index contributed by atoms with van der Waals surface area (Å²) in [5.41, 5.74) is -0.388. The fourth-order valence-electron chi connectivity index (χ4n) is 0.892. The fourth-order valence-corrected chi connectivity index (χ4v) is 0.892. The lowest BCUT2D eigenvalue weighted by Gasteiger charge is -2.23. The Hall–Kier alpha value is -1.59. The van der Waals surface area contributed by atoms with Crippen LogP contribution >= 0.6 is 0 Å². The molecule has 0 heterocycles. The minimum Gasteiger partial charge on any atom is -0.462 e. The predicted octanol–water partition coefficient (Wildman–Crippen LogP) is -0.421. The zero-order chi connectivity index (χ0) is 12.9. The number of methoxy groups -OCH3 is 1. The van der Waals surface area contributed by atoms with Gasteiger partial charge in [-0.05, 0) is 27.7 Å². The third-order valence-corrected chi connectivity index (χ3v) is 1.61. The summed E-state index contributed by atoms with van der Waals surface area (Å²) in [6, 6.07) is -0.786. The van der Waals surface area contributed by atoms with Gasteiger partial charge in [0, 0.05) is 5.54 Å². The summed E-state index contributed by atoms with van der Waals surface area (Å²) in [4.78, 5) is 33.4. The van der Waals surface area contributed by atoms with Crippen molar-refractivity contribution in [3.8, 4) is 0 Å². The molecule has 2 N–H and O–H groups in total. The topological polar surface area (TPSA) is 84.5 Å². The average Bonchev–Trinajstić information content (AvgIpc) is 2.13. The summed E-state index contributed by atoms with van der Waals surface area (Å²) >= 11 is 0. The maximum absolute atomic E-state index is 11.5. The van der Waals surface area contributed by atoms with Crippen molar-refractivity contribution >= 4 is 17.8 Å². The summed E-state index contributed by atoms with van der Waals surface area (Å²) in [6.07, 6.45) is 0. The number of carbonyl (C=O) groups excluding carboxylic acids is 3. The maximum Gasteiger partial charge on any atom is 0.396 e. The number of amides is 2. The van der Waals surface area contributed by atoms with E-state index in [0.717, 1.165) is 7.11 Å². The van der Waals surface area contributed by atoms with Gasteiger partial charge in [0.05, 0.1) is 7.11 Å². The van der Waals surface area contributed by atoms with Gasteiger partial charge in [0.25, 0.3) is 0 Å². The molecule has 0 aliphatic carbocycles. The van der Waals surface area contributed by atoms with E-state index in [9.17, 15) is 14.4 Å². The van der Waals surface area contributed by atoms with Crippen LogP contribution in [-0.4, -0.2) is 36.5 Å². The van der Waals surface area contributed by atoms with Crippen LogP contribution in [0.1, 0.15) is 27.7 Å². The van der Waals surface area contributed by atoms with Gasteiger partial charge in [-0.1, -0.05) is 0 Å². The van der Waals surface area contributed by atoms with Crippen LogP contribution in [-0.2, 0) is 19.1 Å². The lowest BCUT2D eigenvalue weighted by molar-refractivity contribution is -0.153. The number of hydrogen-bond donors (Lipinski definition) is 2. The molecule has 92 valence electrons. The second-order valence-electron chi connectivity index (χ2n) is 4.43. The molecular weight excluding hydrogens is 212 g/mol. The van der Waals surface area contributed by atoms with Crippen LogP contribution in [0, 0.1) is 0 Å². The van der Waals surface area contributed by atoms with Crippen molar-refractivity contribution in [2.24, 2.45) is 0 Å². The summed E-state index contributed by atoms with van der Waals surface area (Å²) in [5.74, 6) is -2.31. The van der Waals surface area contributed by atoms with Crippen LogP contribution in [0.5, 0.6) is 0 Å². The summed E-state index contributed by atoms with van der Waals surface area (Å²) < 4.78 is 4.21. The first-order valence-corrected chi connectivity index (χ1v) is 4.88. The van der Waals surface area contributed by atoms with E-state index in [0.29, 0.717) is 0 Å². The highest BCUT2D eigenvalue weighted by Crippen LogP contribution is 1.99. The minimum absolute atomic E-state index is 0.357. The van der Waals surface area contributed by atoms with Crippen molar-refractivity contribution in [3.63, 3.8) is 0 Å². The molecule has 6 nitrogen and oxygen atoms in total. The van der Waals surface area contributed by atoms with E-state index in [4.69, 9.17) is 0 Å². The molecule has 0 saturated heterocycles. The predicted molar refractivity (Wildman–Crippen MR) is 57.5 cm³/mol. The zero-order valence-electron chi connectivity index (χ0n) is 10.2. The molecule has 0 saturated carbocycles. The van der Waals surface area contributed by atoms with Gasteiger partial charge in [0.2, 0.25) is 5.91 Å². The van der Waals surface area contributed by atoms with E-state index in [1.54, 1.807) is 0 Å². The Morgan fingerprint density at radius 1 is 1.19 bits per heavy atom. The maximum atomic E-state index is 11.5. The van der Waals surface area contributed by atoms with Gasteiger partial charge in [-0.15, -0.1) is 0 Å². The molecule has 0 bridgehead atoms. The minimum atomic E-state index is -1.02. The third-order valence-electron chi connectivity index (χ3n) is 1.61. The Morgan fingerprint density at radius 3 is 2.06 bits per heavy atom. The number of nitrogens with one attached hydrogen (secondary N) is 2. The molecule has 1 unspecified atom stereocenters. The fraction of sp³-hybridized carbons (Fsp3) is 0.700. The largest absolute Gasteiger partial charge is 0.462 e. The lowest BCUT2D eigenvalue weighted by Crippen LogP contribution is -2.52. The molecule has 0 aliphatic heterocycles. The zero-order valence-corrected chi connectivity index (χ0v) is 10.2. The Morgan fingerprint density at radius 2 is 1.69 bits per heavy atom. The highest BCUT2D eigenvalue weighted by Gasteiger charge is 2.23. The molecule has 0 aliphatic rings.